The molecule has 2 heteroatoms. The fourth-order valence-corrected chi connectivity index (χ4v) is 3.69. The third-order valence-electron chi connectivity index (χ3n) is 2.82. The quantitative estimate of drug-likeness (QED) is 0.387. The van der Waals surface area contributed by atoms with Crippen LogP contribution < -0.4 is 0 Å². The standard InChI is InChI=1S/C11H20I2/c12-10-6-2-1-3-7-11(13)9-5-4-8-10/h10-11H,1-9H2/t10-,11?/m0/s1. The van der Waals surface area contributed by atoms with Crippen molar-refractivity contribution in [2.75, 3.05) is 0 Å². The first-order chi connectivity index (χ1) is 6.29. The maximum absolute atomic E-state index is 2.64. The van der Waals surface area contributed by atoms with Crippen molar-refractivity contribution in [3.05, 3.63) is 0 Å². The van der Waals surface area contributed by atoms with E-state index in [0.717, 1.165) is 7.85 Å². The molecule has 0 radical (unpaired) electrons. The molecule has 0 nitrogen and oxygen atoms in total. The zero-order chi connectivity index (χ0) is 9.52. The van der Waals surface area contributed by atoms with Gasteiger partial charge in [-0.05, 0) is 25.7 Å². The van der Waals surface area contributed by atoms with Gasteiger partial charge >= 0.3 is 0 Å². The lowest BCUT2D eigenvalue weighted by molar-refractivity contribution is 0.607. The summed E-state index contributed by atoms with van der Waals surface area (Å²) in [6, 6.07) is 0. The largest absolute Gasteiger partial charge is 0.0826 e. The summed E-state index contributed by atoms with van der Waals surface area (Å²) in [6.45, 7) is 0. The van der Waals surface area contributed by atoms with Crippen LogP contribution in [-0.2, 0) is 0 Å². The van der Waals surface area contributed by atoms with E-state index in [4.69, 9.17) is 0 Å². The van der Waals surface area contributed by atoms with Crippen LogP contribution in [-0.4, -0.2) is 7.85 Å². The summed E-state index contributed by atoms with van der Waals surface area (Å²) < 4.78 is 1.92. The Hall–Kier alpha value is 1.46. The lowest BCUT2D eigenvalue weighted by Crippen LogP contribution is -1.97. The molecule has 0 aromatic carbocycles. The molecule has 1 rings (SSSR count). The molecule has 0 saturated heterocycles. The zero-order valence-electron chi connectivity index (χ0n) is 8.27. The Bertz CT molecular complexity index is 111. The van der Waals surface area contributed by atoms with E-state index in [1.54, 1.807) is 0 Å². The van der Waals surface area contributed by atoms with Crippen LogP contribution in [0.1, 0.15) is 57.8 Å². The first kappa shape index (κ1) is 12.5. The van der Waals surface area contributed by atoms with Crippen LogP contribution in [0.4, 0.5) is 0 Å². The summed E-state index contributed by atoms with van der Waals surface area (Å²) in [6.07, 6.45) is 13.2. The van der Waals surface area contributed by atoms with Crippen molar-refractivity contribution in [3.63, 3.8) is 0 Å². The molecule has 1 aliphatic rings. The Morgan fingerprint density at radius 1 is 0.538 bits per heavy atom. The van der Waals surface area contributed by atoms with E-state index in [9.17, 15) is 0 Å². The van der Waals surface area contributed by atoms with Crippen LogP contribution in [0, 0.1) is 0 Å². The predicted octanol–water partition coefficient (Wildman–Crippen LogP) is 5.12. The first-order valence-corrected chi connectivity index (χ1v) is 8.06. The Kier molecular flexibility index (Phi) is 7.43. The summed E-state index contributed by atoms with van der Waals surface area (Å²) in [5, 5.41) is 0. The van der Waals surface area contributed by atoms with Gasteiger partial charge in [-0.1, -0.05) is 77.3 Å². The van der Waals surface area contributed by atoms with Gasteiger partial charge in [0.25, 0.3) is 0 Å². The van der Waals surface area contributed by atoms with Crippen molar-refractivity contribution in [1.82, 2.24) is 0 Å². The van der Waals surface area contributed by atoms with Crippen LogP contribution in [0.5, 0.6) is 0 Å². The van der Waals surface area contributed by atoms with Gasteiger partial charge in [0, 0.05) is 7.85 Å². The highest BCUT2D eigenvalue weighted by Gasteiger charge is 2.08. The molecule has 1 aliphatic carbocycles. The molecule has 0 amide bonds. The predicted molar refractivity (Wildman–Crippen MR) is 77.2 cm³/mol. The smallest absolute Gasteiger partial charge is 0.0110 e. The van der Waals surface area contributed by atoms with E-state index in [-0.39, 0.29) is 0 Å². The van der Waals surface area contributed by atoms with Crippen LogP contribution in [0.25, 0.3) is 0 Å². The van der Waals surface area contributed by atoms with Crippen molar-refractivity contribution in [2.24, 2.45) is 0 Å². The molecule has 13 heavy (non-hydrogen) atoms. The molecule has 0 N–H and O–H groups in total. The molecule has 0 heterocycles. The molecule has 2 atom stereocenters. The maximum Gasteiger partial charge on any atom is 0.0110 e. The summed E-state index contributed by atoms with van der Waals surface area (Å²) >= 11 is 5.29. The average Bonchev–Trinajstić information content (AvgIpc) is 2.14. The van der Waals surface area contributed by atoms with Gasteiger partial charge in [0.15, 0.2) is 0 Å². The van der Waals surface area contributed by atoms with E-state index < -0.39 is 0 Å². The fourth-order valence-electron chi connectivity index (χ4n) is 1.93. The molecule has 1 saturated carbocycles. The summed E-state index contributed by atoms with van der Waals surface area (Å²) in [5.74, 6) is 0. The lowest BCUT2D eigenvalue weighted by atomic mass is 10.1. The monoisotopic (exact) mass is 406 g/mol. The Balaban J connectivity index is 2.22. The van der Waals surface area contributed by atoms with Gasteiger partial charge < -0.3 is 0 Å². The van der Waals surface area contributed by atoms with Gasteiger partial charge in [-0.2, -0.15) is 0 Å². The van der Waals surface area contributed by atoms with Gasteiger partial charge in [-0.25, -0.2) is 0 Å². The van der Waals surface area contributed by atoms with Crippen LogP contribution in [0.2, 0.25) is 0 Å². The average molecular weight is 406 g/mol. The highest BCUT2D eigenvalue weighted by molar-refractivity contribution is 14.1. The molecular weight excluding hydrogens is 386 g/mol. The first-order valence-electron chi connectivity index (χ1n) is 5.57. The fraction of sp³-hybridized carbons (Fsp3) is 1.00. The summed E-state index contributed by atoms with van der Waals surface area (Å²) in [5.41, 5.74) is 0. The number of rotatable bonds is 0. The van der Waals surface area contributed by atoms with Gasteiger partial charge in [-0.3, -0.25) is 0 Å². The number of hydrogen-bond acceptors (Lipinski definition) is 0. The van der Waals surface area contributed by atoms with Gasteiger partial charge in [-0.15, -0.1) is 0 Å². The molecule has 0 spiro atoms. The molecule has 78 valence electrons. The normalized spacial score (nSPS) is 33.7. The Labute approximate surface area is 110 Å². The molecule has 0 aliphatic heterocycles. The van der Waals surface area contributed by atoms with E-state index in [0.29, 0.717) is 0 Å². The summed E-state index contributed by atoms with van der Waals surface area (Å²) in [4.78, 5) is 0. The van der Waals surface area contributed by atoms with Gasteiger partial charge in [0.05, 0.1) is 0 Å². The highest BCUT2D eigenvalue weighted by Crippen LogP contribution is 2.24. The van der Waals surface area contributed by atoms with E-state index in [1.165, 1.54) is 57.8 Å². The van der Waals surface area contributed by atoms with E-state index >= 15 is 0 Å². The molecule has 1 unspecified atom stereocenters. The minimum atomic E-state index is 0.961. The minimum absolute atomic E-state index is 0.961. The third kappa shape index (κ3) is 6.52. The molecule has 1 fully saturated rings. The van der Waals surface area contributed by atoms with Gasteiger partial charge in [0.2, 0.25) is 0 Å². The zero-order valence-corrected chi connectivity index (χ0v) is 12.6. The highest BCUT2D eigenvalue weighted by atomic mass is 127. The number of alkyl halides is 2. The number of halogens is 2. The van der Waals surface area contributed by atoms with Crippen molar-refractivity contribution < 1.29 is 0 Å². The van der Waals surface area contributed by atoms with E-state index in [1.807, 2.05) is 0 Å². The molecular formula is C11H20I2. The third-order valence-corrected chi connectivity index (χ3v) is 5.31. The lowest BCUT2D eigenvalue weighted by Gasteiger charge is -2.08. The Morgan fingerprint density at radius 2 is 0.846 bits per heavy atom. The maximum atomic E-state index is 2.64. The van der Waals surface area contributed by atoms with Crippen LogP contribution in [0.15, 0.2) is 0 Å². The Morgan fingerprint density at radius 3 is 1.23 bits per heavy atom. The molecule has 0 aromatic rings. The van der Waals surface area contributed by atoms with Crippen molar-refractivity contribution in [3.8, 4) is 0 Å². The van der Waals surface area contributed by atoms with Crippen LogP contribution >= 0.6 is 45.2 Å². The second kappa shape index (κ2) is 7.71. The molecule has 0 bridgehead atoms. The minimum Gasteiger partial charge on any atom is -0.0826 e. The van der Waals surface area contributed by atoms with Crippen molar-refractivity contribution >= 4 is 45.2 Å². The van der Waals surface area contributed by atoms with Crippen LogP contribution in [0.3, 0.4) is 0 Å². The van der Waals surface area contributed by atoms with Gasteiger partial charge in [0.1, 0.15) is 0 Å². The second-order valence-corrected chi connectivity index (χ2v) is 7.64. The van der Waals surface area contributed by atoms with Crippen molar-refractivity contribution in [2.45, 2.75) is 65.6 Å². The number of hydrogen-bond donors (Lipinski definition) is 0. The molecule has 0 aromatic heterocycles. The topological polar surface area (TPSA) is 0 Å². The second-order valence-electron chi connectivity index (χ2n) is 4.12. The summed E-state index contributed by atoms with van der Waals surface area (Å²) in [7, 11) is 0. The van der Waals surface area contributed by atoms with Crippen molar-refractivity contribution in [1.29, 1.82) is 0 Å². The van der Waals surface area contributed by atoms with E-state index in [2.05, 4.69) is 45.2 Å². The SMILES string of the molecule is IC1CCCCC[C@H](I)CCCC1.